The number of hydrogen-bond acceptors (Lipinski definition) is 2. The zero-order valence-electron chi connectivity index (χ0n) is 4.93. The van der Waals surface area contributed by atoms with Gasteiger partial charge in [-0.05, 0) is 34.2 Å². The van der Waals surface area contributed by atoms with Gasteiger partial charge < -0.3 is 0 Å². The minimum absolute atomic E-state index is 0.489. The largest absolute Gasteiger partial charge is 0.297 e. The lowest BCUT2D eigenvalue weighted by atomic mass is 10.3. The topological polar surface area (TPSA) is 17.1 Å². The van der Waals surface area contributed by atoms with E-state index < -0.39 is 0 Å². The Hall–Kier alpha value is 0.390. The van der Waals surface area contributed by atoms with Crippen LogP contribution in [0.15, 0.2) is 6.07 Å². The van der Waals surface area contributed by atoms with Crippen LogP contribution in [0.1, 0.15) is 15.2 Å². The lowest BCUT2D eigenvalue weighted by Crippen LogP contribution is -1.72. The van der Waals surface area contributed by atoms with E-state index in [1.54, 1.807) is 0 Å². The Morgan fingerprint density at radius 2 is 2.50 bits per heavy atom. The molecule has 0 spiro atoms. The average Bonchev–Trinajstić information content (AvgIpc) is 2.30. The summed E-state index contributed by atoms with van der Waals surface area (Å²) in [5.74, 6) is 0.489. The van der Waals surface area contributed by atoms with E-state index in [4.69, 9.17) is 11.6 Å². The summed E-state index contributed by atoms with van der Waals surface area (Å²) in [4.78, 5) is 11.0. The Morgan fingerprint density at radius 3 is 2.80 bits per heavy atom. The number of rotatable bonds is 2. The third-order valence-corrected chi connectivity index (χ3v) is 3.57. The van der Waals surface area contributed by atoms with Crippen molar-refractivity contribution in [1.82, 2.24) is 0 Å². The Balaban J connectivity index is 3.03. The van der Waals surface area contributed by atoms with Crippen LogP contribution in [0.3, 0.4) is 0 Å². The van der Waals surface area contributed by atoms with E-state index in [9.17, 15) is 4.79 Å². The molecular formula is C6H4ClIOS. The van der Waals surface area contributed by atoms with Crippen LogP contribution in [0, 0.1) is 2.88 Å². The van der Waals surface area contributed by atoms with Crippen LogP contribution in [-0.2, 0) is 5.88 Å². The van der Waals surface area contributed by atoms with Crippen molar-refractivity contribution in [2.75, 3.05) is 0 Å². The molecule has 0 aromatic carbocycles. The van der Waals surface area contributed by atoms with Crippen LogP contribution >= 0.6 is 45.5 Å². The number of aldehydes is 1. The molecule has 10 heavy (non-hydrogen) atoms. The maximum absolute atomic E-state index is 10.3. The van der Waals surface area contributed by atoms with Crippen molar-refractivity contribution in [3.63, 3.8) is 0 Å². The van der Waals surface area contributed by atoms with E-state index in [1.807, 2.05) is 6.07 Å². The Kier molecular flexibility index (Phi) is 3.13. The SMILES string of the molecule is O=Cc1cc(CCl)c(I)s1. The van der Waals surface area contributed by atoms with Crippen LogP contribution in [-0.4, -0.2) is 6.29 Å². The van der Waals surface area contributed by atoms with Crippen molar-refractivity contribution >= 4 is 51.8 Å². The molecule has 0 N–H and O–H groups in total. The van der Waals surface area contributed by atoms with E-state index in [0.29, 0.717) is 5.88 Å². The van der Waals surface area contributed by atoms with Crippen LogP contribution in [0.5, 0.6) is 0 Å². The summed E-state index contributed by atoms with van der Waals surface area (Å²) in [7, 11) is 0. The third-order valence-electron chi connectivity index (χ3n) is 1.04. The quantitative estimate of drug-likeness (QED) is 0.464. The smallest absolute Gasteiger partial charge is 0.160 e. The van der Waals surface area contributed by atoms with E-state index in [-0.39, 0.29) is 0 Å². The van der Waals surface area contributed by atoms with Crippen LogP contribution in [0.4, 0.5) is 0 Å². The van der Waals surface area contributed by atoms with Crippen LogP contribution in [0.2, 0.25) is 0 Å². The van der Waals surface area contributed by atoms with Gasteiger partial charge in [0.25, 0.3) is 0 Å². The van der Waals surface area contributed by atoms with E-state index in [0.717, 1.165) is 19.6 Å². The van der Waals surface area contributed by atoms with Crippen LogP contribution < -0.4 is 0 Å². The molecule has 0 aliphatic heterocycles. The number of carbonyl (C=O) groups excluding carboxylic acids is 1. The van der Waals surface area contributed by atoms with Gasteiger partial charge in [-0.15, -0.1) is 22.9 Å². The molecule has 1 aromatic rings. The first-order valence-electron chi connectivity index (χ1n) is 2.57. The second kappa shape index (κ2) is 3.69. The van der Waals surface area contributed by atoms with Gasteiger partial charge in [0, 0.05) is 5.88 Å². The molecule has 1 nitrogen and oxygen atoms in total. The summed E-state index contributed by atoms with van der Waals surface area (Å²) in [6, 6.07) is 1.83. The fraction of sp³-hybridized carbons (Fsp3) is 0.167. The number of thiophene rings is 1. The Labute approximate surface area is 81.5 Å². The molecule has 0 aliphatic carbocycles. The molecule has 0 aliphatic rings. The zero-order valence-corrected chi connectivity index (χ0v) is 8.66. The fourth-order valence-electron chi connectivity index (χ4n) is 0.576. The standard InChI is InChI=1S/C6H4ClIOS/c7-2-4-1-5(3-9)10-6(4)8/h1,3H,2H2. The summed E-state index contributed by atoms with van der Waals surface area (Å²) in [5, 5.41) is 0. The Bertz CT molecular complexity index is 246. The molecule has 0 amide bonds. The first-order chi connectivity index (χ1) is 4.77. The van der Waals surface area contributed by atoms with Crippen molar-refractivity contribution < 1.29 is 4.79 Å². The summed E-state index contributed by atoms with van der Waals surface area (Å²) >= 11 is 9.24. The normalized spacial score (nSPS) is 9.80. The molecule has 1 aromatic heterocycles. The molecule has 1 heterocycles. The highest BCUT2D eigenvalue weighted by molar-refractivity contribution is 14.1. The van der Waals surface area contributed by atoms with Gasteiger partial charge in [0.05, 0.1) is 7.76 Å². The highest BCUT2D eigenvalue weighted by Gasteiger charge is 2.03. The lowest BCUT2D eigenvalue weighted by Gasteiger charge is -1.84. The molecule has 0 fully saturated rings. The number of alkyl halides is 1. The van der Waals surface area contributed by atoms with Gasteiger partial charge >= 0.3 is 0 Å². The second-order valence-electron chi connectivity index (χ2n) is 1.70. The third kappa shape index (κ3) is 1.71. The predicted octanol–water partition coefficient (Wildman–Crippen LogP) is 2.90. The van der Waals surface area contributed by atoms with Gasteiger partial charge in [0.1, 0.15) is 0 Å². The summed E-state index contributed by atoms with van der Waals surface area (Å²) < 4.78 is 1.11. The molecule has 0 saturated carbocycles. The molecular weight excluding hydrogens is 282 g/mol. The molecule has 0 bridgehead atoms. The first-order valence-corrected chi connectivity index (χ1v) is 5.00. The van der Waals surface area contributed by atoms with Crippen molar-refractivity contribution in [2.45, 2.75) is 5.88 Å². The maximum Gasteiger partial charge on any atom is 0.160 e. The van der Waals surface area contributed by atoms with Crippen molar-refractivity contribution in [3.05, 3.63) is 19.4 Å². The molecule has 0 saturated heterocycles. The Morgan fingerprint density at radius 1 is 1.80 bits per heavy atom. The van der Waals surface area contributed by atoms with Crippen LogP contribution in [0.25, 0.3) is 0 Å². The number of carbonyl (C=O) groups is 1. The molecule has 0 unspecified atom stereocenters. The molecule has 4 heteroatoms. The van der Waals surface area contributed by atoms with Gasteiger partial charge in [0.15, 0.2) is 6.29 Å². The van der Waals surface area contributed by atoms with Crippen molar-refractivity contribution in [3.8, 4) is 0 Å². The number of halogens is 2. The monoisotopic (exact) mass is 286 g/mol. The maximum atomic E-state index is 10.3. The molecule has 0 atom stereocenters. The van der Waals surface area contributed by atoms with E-state index in [1.165, 1.54) is 11.3 Å². The minimum Gasteiger partial charge on any atom is -0.297 e. The van der Waals surface area contributed by atoms with Crippen molar-refractivity contribution in [2.24, 2.45) is 0 Å². The molecule has 1 rings (SSSR count). The van der Waals surface area contributed by atoms with Crippen molar-refractivity contribution in [1.29, 1.82) is 0 Å². The summed E-state index contributed by atoms with van der Waals surface area (Å²) in [6.45, 7) is 0. The molecule has 0 radical (unpaired) electrons. The van der Waals surface area contributed by atoms with E-state index >= 15 is 0 Å². The first kappa shape index (κ1) is 8.49. The molecule has 54 valence electrons. The van der Waals surface area contributed by atoms with E-state index in [2.05, 4.69) is 22.6 Å². The zero-order chi connectivity index (χ0) is 7.56. The predicted molar refractivity (Wildman–Crippen MR) is 52.0 cm³/mol. The average molecular weight is 287 g/mol. The highest BCUT2D eigenvalue weighted by atomic mass is 127. The van der Waals surface area contributed by atoms with Gasteiger partial charge in [-0.3, -0.25) is 4.79 Å². The summed E-state index contributed by atoms with van der Waals surface area (Å²) in [5.41, 5.74) is 1.05. The fourth-order valence-corrected chi connectivity index (χ4v) is 2.92. The number of hydrogen-bond donors (Lipinski definition) is 0. The van der Waals surface area contributed by atoms with Gasteiger partial charge in [-0.25, -0.2) is 0 Å². The van der Waals surface area contributed by atoms with Gasteiger partial charge in [-0.1, -0.05) is 0 Å². The van der Waals surface area contributed by atoms with Gasteiger partial charge in [-0.2, -0.15) is 0 Å². The highest BCUT2D eigenvalue weighted by Crippen LogP contribution is 2.24. The second-order valence-corrected chi connectivity index (χ2v) is 4.86. The van der Waals surface area contributed by atoms with Gasteiger partial charge in [0.2, 0.25) is 0 Å². The lowest BCUT2D eigenvalue weighted by molar-refractivity contribution is 0.112. The summed E-state index contributed by atoms with van der Waals surface area (Å²) in [6.07, 6.45) is 0.850. The minimum atomic E-state index is 0.489.